The normalized spacial score (nSPS) is 17.2. The number of carbonyl (C=O) groups is 2. The van der Waals surface area contributed by atoms with Gasteiger partial charge in [-0.3, -0.25) is 4.79 Å². The second-order valence-electron chi connectivity index (χ2n) is 7.40. The zero-order valence-corrected chi connectivity index (χ0v) is 16.0. The van der Waals surface area contributed by atoms with E-state index in [0.717, 1.165) is 5.57 Å². The highest BCUT2D eigenvalue weighted by Crippen LogP contribution is 2.39. The van der Waals surface area contributed by atoms with Crippen LogP contribution in [0.5, 0.6) is 0 Å². The first kappa shape index (κ1) is 21.0. The molecule has 25 heavy (non-hydrogen) atoms. The highest BCUT2D eigenvalue weighted by Gasteiger charge is 2.44. The summed E-state index contributed by atoms with van der Waals surface area (Å²) in [6.45, 7) is 16.3. The fourth-order valence-electron chi connectivity index (χ4n) is 2.88. The van der Waals surface area contributed by atoms with Crippen LogP contribution in [0.4, 0.5) is 4.79 Å². The average molecular weight is 349 g/mol. The van der Waals surface area contributed by atoms with Gasteiger partial charge in [-0.15, -0.1) is 0 Å². The van der Waals surface area contributed by atoms with Crippen LogP contribution in [0.2, 0.25) is 0 Å². The van der Waals surface area contributed by atoms with Crippen molar-refractivity contribution in [2.75, 3.05) is 19.7 Å². The molecule has 1 heterocycles. The highest BCUT2D eigenvalue weighted by atomic mass is 16.6. The molecule has 0 bridgehead atoms. The SMILES string of the molecule is C=C/C=C\C(=C)CC1(C(=O)OCC)CCN(C(=O)OC(C)(C)C)CC1. The van der Waals surface area contributed by atoms with Gasteiger partial charge in [0.1, 0.15) is 5.60 Å². The lowest BCUT2D eigenvalue weighted by molar-refractivity contribution is -0.158. The van der Waals surface area contributed by atoms with Gasteiger partial charge in [-0.1, -0.05) is 37.0 Å². The molecule has 1 amide bonds. The molecule has 1 aliphatic heterocycles. The number of allylic oxidation sites excluding steroid dienone is 4. The number of esters is 1. The average Bonchev–Trinajstić information content (AvgIpc) is 2.52. The Bertz CT molecular complexity index is 534. The maximum Gasteiger partial charge on any atom is 0.410 e. The number of hydrogen-bond donors (Lipinski definition) is 0. The molecular weight excluding hydrogens is 318 g/mol. The van der Waals surface area contributed by atoms with E-state index in [9.17, 15) is 9.59 Å². The van der Waals surface area contributed by atoms with E-state index in [2.05, 4.69) is 13.2 Å². The Labute approximate surface area is 151 Å². The Morgan fingerprint density at radius 1 is 1.24 bits per heavy atom. The van der Waals surface area contributed by atoms with E-state index in [0.29, 0.717) is 39.0 Å². The molecule has 0 aromatic rings. The monoisotopic (exact) mass is 349 g/mol. The molecule has 0 aliphatic carbocycles. The topological polar surface area (TPSA) is 55.8 Å². The molecule has 0 N–H and O–H groups in total. The summed E-state index contributed by atoms with van der Waals surface area (Å²) in [5, 5.41) is 0. The first-order chi connectivity index (χ1) is 11.6. The van der Waals surface area contributed by atoms with Gasteiger partial charge in [0, 0.05) is 13.1 Å². The van der Waals surface area contributed by atoms with Gasteiger partial charge < -0.3 is 14.4 Å². The number of nitrogens with zero attached hydrogens (tertiary/aromatic N) is 1. The van der Waals surface area contributed by atoms with E-state index >= 15 is 0 Å². The van der Waals surface area contributed by atoms with Crippen LogP contribution in [-0.2, 0) is 14.3 Å². The predicted molar refractivity (Wildman–Crippen MR) is 99.2 cm³/mol. The van der Waals surface area contributed by atoms with Crippen LogP contribution in [0.15, 0.2) is 37.0 Å². The molecule has 0 aromatic carbocycles. The molecule has 0 saturated carbocycles. The van der Waals surface area contributed by atoms with E-state index in [1.54, 1.807) is 24.0 Å². The minimum Gasteiger partial charge on any atom is -0.466 e. The number of hydrogen-bond acceptors (Lipinski definition) is 4. The van der Waals surface area contributed by atoms with Crippen molar-refractivity contribution in [1.29, 1.82) is 0 Å². The van der Waals surface area contributed by atoms with Gasteiger partial charge in [0.05, 0.1) is 12.0 Å². The van der Waals surface area contributed by atoms with Crippen LogP contribution >= 0.6 is 0 Å². The maximum absolute atomic E-state index is 12.6. The van der Waals surface area contributed by atoms with Crippen LogP contribution in [0.3, 0.4) is 0 Å². The number of amides is 1. The van der Waals surface area contributed by atoms with Crippen LogP contribution in [0, 0.1) is 5.41 Å². The molecule has 1 fully saturated rings. The summed E-state index contributed by atoms with van der Waals surface area (Å²) in [7, 11) is 0. The van der Waals surface area contributed by atoms with E-state index in [1.807, 2.05) is 26.8 Å². The summed E-state index contributed by atoms with van der Waals surface area (Å²) in [4.78, 5) is 26.5. The molecule has 0 spiro atoms. The van der Waals surface area contributed by atoms with Crippen molar-refractivity contribution in [3.63, 3.8) is 0 Å². The number of piperidine rings is 1. The quantitative estimate of drug-likeness (QED) is 0.531. The van der Waals surface area contributed by atoms with Gasteiger partial charge in [-0.2, -0.15) is 0 Å². The minimum atomic E-state index is -0.642. The summed E-state index contributed by atoms with van der Waals surface area (Å²) in [6.07, 6.45) is 6.57. The number of likely N-dealkylation sites (tertiary alicyclic amines) is 1. The number of rotatable bonds is 6. The lowest BCUT2D eigenvalue weighted by Gasteiger charge is -2.40. The fourth-order valence-corrected chi connectivity index (χ4v) is 2.88. The molecule has 1 saturated heterocycles. The Morgan fingerprint density at radius 2 is 1.84 bits per heavy atom. The molecule has 0 unspecified atom stereocenters. The van der Waals surface area contributed by atoms with Crippen molar-refractivity contribution >= 4 is 12.1 Å². The summed E-state index contributed by atoms with van der Waals surface area (Å²) in [5.41, 5.74) is -0.327. The van der Waals surface area contributed by atoms with Gasteiger partial charge in [0.2, 0.25) is 0 Å². The lowest BCUT2D eigenvalue weighted by atomic mass is 9.73. The van der Waals surface area contributed by atoms with Crippen molar-refractivity contribution in [1.82, 2.24) is 4.90 Å². The second kappa shape index (κ2) is 8.88. The Hall–Kier alpha value is -2.04. The van der Waals surface area contributed by atoms with Crippen molar-refractivity contribution in [2.45, 2.75) is 52.6 Å². The molecule has 0 radical (unpaired) electrons. The Balaban J connectivity index is 2.83. The second-order valence-corrected chi connectivity index (χ2v) is 7.40. The molecule has 1 rings (SSSR count). The van der Waals surface area contributed by atoms with E-state index in [4.69, 9.17) is 9.47 Å². The zero-order chi connectivity index (χ0) is 19.1. The van der Waals surface area contributed by atoms with E-state index in [1.165, 1.54) is 0 Å². The third-order valence-electron chi connectivity index (χ3n) is 4.11. The van der Waals surface area contributed by atoms with Crippen LogP contribution in [-0.4, -0.2) is 42.3 Å². The first-order valence-corrected chi connectivity index (χ1v) is 8.75. The molecule has 140 valence electrons. The zero-order valence-electron chi connectivity index (χ0n) is 16.0. The van der Waals surface area contributed by atoms with Gasteiger partial charge in [-0.25, -0.2) is 4.79 Å². The summed E-state index contributed by atoms with van der Waals surface area (Å²) < 4.78 is 10.7. The molecular formula is C20H31NO4. The Kier molecular flexibility index (Phi) is 7.46. The minimum absolute atomic E-state index is 0.216. The van der Waals surface area contributed by atoms with Gasteiger partial charge in [0.15, 0.2) is 0 Å². The first-order valence-electron chi connectivity index (χ1n) is 8.75. The number of ether oxygens (including phenoxy) is 2. The largest absolute Gasteiger partial charge is 0.466 e. The van der Waals surface area contributed by atoms with Crippen molar-refractivity contribution in [3.8, 4) is 0 Å². The van der Waals surface area contributed by atoms with Crippen molar-refractivity contribution in [2.24, 2.45) is 5.41 Å². The van der Waals surface area contributed by atoms with Crippen molar-refractivity contribution in [3.05, 3.63) is 37.0 Å². The predicted octanol–water partition coefficient (Wildman–Crippen LogP) is 4.26. The van der Waals surface area contributed by atoms with E-state index in [-0.39, 0.29) is 12.1 Å². The van der Waals surface area contributed by atoms with Gasteiger partial charge in [-0.05, 0) is 47.0 Å². The third kappa shape index (κ3) is 6.40. The van der Waals surface area contributed by atoms with E-state index < -0.39 is 11.0 Å². The molecule has 0 atom stereocenters. The summed E-state index contributed by atoms with van der Waals surface area (Å²) >= 11 is 0. The smallest absolute Gasteiger partial charge is 0.410 e. The van der Waals surface area contributed by atoms with Gasteiger partial charge in [0.25, 0.3) is 0 Å². The fraction of sp³-hybridized carbons (Fsp3) is 0.600. The van der Waals surface area contributed by atoms with Crippen LogP contribution < -0.4 is 0 Å². The Morgan fingerprint density at radius 3 is 2.32 bits per heavy atom. The maximum atomic E-state index is 12.6. The molecule has 0 aromatic heterocycles. The lowest BCUT2D eigenvalue weighted by Crippen LogP contribution is -2.48. The highest BCUT2D eigenvalue weighted by molar-refractivity contribution is 5.78. The van der Waals surface area contributed by atoms with Crippen LogP contribution in [0.1, 0.15) is 47.0 Å². The number of carbonyl (C=O) groups excluding carboxylic acids is 2. The molecule has 5 heteroatoms. The standard InChI is InChI=1S/C20H31NO4/c1-7-9-10-16(3)15-20(17(22)24-8-2)11-13-21(14-12-20)18(23)25-19(4,5)6/h7,9-10H,1,3,8,11-15H2,2,4-6H3/b10-9-. The summed E-state index contributed by atoms with van der Waals surface area (Å²) in [6, 6.07) is 0. The van der Waals surface area contributed by atoms with Crippen molar-refractivity contribution < 1.29 is 19.1 Å². The van der Waals surface area contributed by atoms with Crippen LogP contribution in [0.25, 0.3) is 0 Å². The third-order valence-corrected chi connectivity index (χ3v) is 4.11. The molecule has 5 nitrogen and oxygen atoms in total. The summed E-state index contributed by atoms with van der Waals surface area (Å²) in [5.74, 6) is -0.216. The van der Waals surface area contributed by atoms with Gasteiger partial charge >= 0.3 is 12.1 Å². The molecule has 1 aliphatic rings.